The number of hydrogen-bond acceptors (Lipinski definition) is 6. The Balaban J connectivity index is 1.32. The summed E-state index contributed by atoms with van der Waals surface area (Å²) in [5.41, 5.74) is 2.78. The molecule has 0 bridgehead atoms. The SMILES string of the molecule is COc1ccccc1-c1nnc(SCc2ccc(OCc3ccc(F)cc3)cc2)o1. The molecule has 5 nitrogen and oxygen atoms in total. The normalized spacial score (nSPS) is 10.7. The van der Waals surface area contributed by atoms with E-state index in [0.29, 0.717) is 29.2 Å². The van der Waals surface area contributed by atoms with E-state index in [1.807, 2.05) is 48.5 Å². The zero-order chi connectivity index (χ0) is 20.8. The predicted octanol–water partition coefficient (Wildman–Crippen LogP) is 5.76. The monoisotopic (exact) mass is 422 g/mol. The number of thioether (sulfide) groups is 1. The second-order valence-electron chi connectivity index (χ2n) is 6.42. The number of halogens is 1. The molecule has 0 saturated carbocycles. The molecule has 0 radical (unpaired) electrons. The van der Waals surface area contributed by atoms with E-state index in [-0.39, 0.29) is 5.82 Å². The largest absolute Gasteiger partial charge is 0.496 e. The van der Waals surface area contributed by atoms with Crippen LogP contribution >= 0.6 is 11.8 Å². The molecule has 0 unspecified atom stereocenters. The smallest absolute Gasteiger partial charge is 0.277 e. The van der Waals surface area contributed by atoms with Gasteiger partial charge in [-0.2, -0.15) is 0 Å². The van der Waals surface area contributed by atoms with Gasteiger partial charge in [0, 0.05) is 5.75 Å². The highest BCUT2D eigenvalue weighted by atomic mass is 32.2. The number of nitrogens with zero attached hydrogens (tertiary/aromatic N) is 2. The van der Waals surface area contributed by atoms with Crippen LogP contribution in [0.25, 0.3) is 11.5 Å². The molecule has 0 aliphatic heterocycles. The van der Waals surface area contributed by atoms with Crippen LogP contribution in [0.5, 0.6) is 11.5 Å². The molecular weight excluding hydrogens is 403 g/mol. The molecule has 0 amide bonds. The summed E-state index contributed by atoms with van der Waals surface area (Å²) in [5, 5.41) is 8.72. The molecule has 1 aromatic heterocycles. The van der Waals surface area contributed by atoms with Gasteiger partial charge < -0.3 is 13.9 Å². The molecule has 0 saturated heterocycles. The molecule has 0 N–H and O–H groups in total. The van der Waals surface area contributed by atoms with E-state index < -0.39 is 0 Å². The first-order valence-corrected chi connectivity index (χ1v) is 10.3. The van der Waals surface area contributed by atoms with Crippen LogP contribution in [-0.2, 0) is 12.4 Å². The lowest BCUT2D eigenvalue weighted by atomic mass is 10.2. The van der Waals surface area contributed by atoms with Gasteiger partial charge in [0.2, 0.25) is 0 Å². The third-order valence-electron chi connectivity index (χ3n) is 4.35. The molecule has 4 aromatic rings. The van der Waals surface area contributed by atoms with Crippen LogP contribution in [0.1, 0.15) is 11.1 Å². The van der Waals surface area contributed by atoms with E-state index in [9.17, 15) is 4.39 Å². The molecule has 0 fully saturated rings. The average Bonchev–Trinajstić information content (AvgIpc) is 3.27. The van der Waals surface area contributed by atoms with Crippen LogP contribution < -0.4 is 9.47 Å². The molecule has 0 aliphatic carbocycles. The van der Waals surface area contributed by atoms with E-state index in [4.69, 9.17) is 13.9 Å². The van der Waals surface area contributed by atoms with Crippen molar-refractivity contribution in [2.45, 2.75) is 17.6 Å². The summed E-state index contributed by atoms with van der Waals surface area (Å²) in [7, 11) is 1.61. The third-order valence-corrected chi connectivity index (χ3v) is 5.24. The number of aromatic nitrogens is 2. The second kappa shape index (κ2) is 9.45. The Morgan fingerprint density at radius 2 is 1.63 bits per heavy atom. The van der Waals surface area contributed by atoms with Gasteiger partial charge in [0.1, 0.15) is 23.9 Å². The minimum Gasteiger partial charge on any atom is -0.496 e. The number of benzene rings is 3. The van der Waals surface area contributed by atoms with Crippen molar-refractivity contribution in [3.8, 4) is 23.0 Å². The molecule has 0 spiro atoms. The van der Waals surface area contributed by atoms with Gasteiger partial charge in [-0.25, -0.2) is 4.39 Å². The first-order valence-electron chi connectivity index (χ1n) is 9.27. The maximum Gasteiger partial charge on any atom is 0.277 e. The molecule has 0 atom stereocenters. The maximum atomic E-state index is 12.9. The van der Waals surface area contributed by atoms with Gasteiger partial charge in [0.15, 0.2) is 0 Å². The Morgan fingerprint density at radius 3 is 2.40 bits per heavy atom. The van der Waals surface area contributed by atoms with E-state index >= 15 is 0 Å². The zero-order valence-electron chi connectivity index (χ0n) is 16.2. The van der Waals surface area contributed by atoms with Crippen LogP contribution in [0, 0.1) is 5.82 Å². The van der Waals surface area contributed by atoms with E-state index in [1.54, 1.807) is 19.2 Å². The van der Waals surface area contributed by atoms with Crippen molar-refractivity contribution < 1.29 is 18.3 Å². The number of para-hydroxylation sites is 1. The van der Waals surface area contributed by atoms with Crippen LogP contribution in [0.3, 0.4) is 0 Å². The lowest BCUT2D eigenvalue weighted by Crippen LogP contribution is -1.95. The standard InChI is InChI=1S/C23H19FN2O3S/c1-27-21-5-3-2-4-20(21)22-25-26-23(29-22)30-15-17-8-12-19(13-9-17)28-14-16-6-10-18(24)11-7-16/h2-13H,14-15H2,1H3. The lowest BCUT2D eigenvalue weighted by Gasteiger charge is -2.07. The molecule has 7 heteroatoms. The van der Waals surface area contributed by atoms with Gasteiger partial charge in [-0.05, 0) is 47.5 Å². The van der Waals surface area contributed by atoms with Crippen molar-refractivity contribution in [3.63, 3.8) is 0 Å². The number of methoxy groups -OCH3 is 1. The summed E-state index contributed by atoms with van der Waals surface area (Å²) in [5.74, 6) is 2.31. The highest BCUT2D eigenvalue weighted by molar-refractivity contribution is 7.98. The Bertz CT molecular complexity index is 1100. The minimum atomic E-state index is -0.253. The van der Waals surface area contributed by atoms with Crippen molar-refractivity contribution >= 4 is 11.8 Å². The second-order valence-corrected chi connectivity index (χ2v) is 7.35. The van der Waals surface area contributed by atoms with Crippen LogP contribution in [0.4, 0.5) is 4.39 Å². The van der Waals surface area contributed by atoms with E-state index in [1.165, 1.54) is 23.9 Å². The molecule has 4 rings (SSSR count). The topological polar surface area (TPSA) is 57.4 Å². The summed E-state index contributed by atoms with van der Waals surface area (Å²) in [6.45, 7) is 0.391. The summed E-state index contributed by atoms with van der Waals surface area (Å²) < 4.78 is 29.8. The quantitative estimate of drug-likeness (QED) is 0.337. The number of ether oxygens (including phenoxy) is 2. The van der Waals surface area contributed by atoms with Crippen LogP contribution in [0.2, 0.25) is 0 Å². The Kier molecular flexibility index (Phi) is 6.29. The van der Waals surface area contributed by atoms with Gasteiger partial charge in [0.05, 0.1) is 12.7 Å². The Hall–Kier alpha value is -3.32. The number of hydrogen-bond donors (Lipinski definition) is 0. The fourth-order valence-corrected chi connectivity index (χ4v) is 3.49. The first-order chi connectivity index (χ1) is 14.7. The van der Waals surface area contributed by atoms with Gasteiger partial charge in [-0.15, -0.1) is 10.2 Å². The van der Waals surface area contributed by atoms with E-state index in [2.05, 4.69) is 10.2 Å². The molecule has 1 heterocycles. The van der Waals surface area contributed by atoms with Crippen molar-refractivity contribution in [3.05, 3.63) is 89.7 Å². The average molecular weight is 422 g/mol. The van der Waals surface area contributed by atoms with Crippen molar-refractivity contribution in [2.24, 2.45) is 0 Å². The molecule has 152 valence electrons. The third kappa shape index (κ3) is 4.99. The molecule has 3 aromatic carbocycles. The minimum absolute atomic E-state index is 0.253. The zero-order valence-corrected chi connectivity index (χ0v) is 17.1. The fourth-order valence-electron chi connectivity index (χ4n) is 2.77. The maximum absolute atomic E-state index is 12.9. The van der Waals surface area contributed by atoms with Crippen molar-refractivity contribution in [1.29, 1.82) is 0 Å². The first kappa shape index (κ1) is 20.0. The lowest BCUT2D eigenvalue weighted by molar-refractivity contribution is 0.306. The van der Waals surface area contributed by atoms with Gasteiger partial charge in [-0.1, -0.05) is 48.2 Å². The summed E-state index contributed by atoms with van der Waals surface area (Å²) >= 11 is 1.46. The van der Waals surface area contributed by atoms with Gasteiger partial charge in [0.25, 0.3) is 11.1 Å². The van der Waals surface area contributed by atoms with Crippen LogP contribution in [-0.4, -0.2) is 17.3 Å². The van der Waals surface area contributed by atoms with Crippen LogP contribution in [0.15, 0.2) is 82.4 Å². The summed E-state index contributed by atoms with van der Waals surface area (Å²) in [6, 6.07) is 21.6. The molecule has 0 aliphatic rings. The fraction of sp³-hybridized carbons (Fsp3) is 0.130. The molecule has 30 heavy (non-hydrogen) atoms. The summed E-state index contributed by atoms with van der Waals surface area (Å²) in [4.78, 5) is 0. The van der Waals surface area contributed by atoms with Crippen molar-refractivity contribution in [2.75, 3.05) is 7.11 Å². The highest BCUT2D eigenvalue weighted by Crippen LogP contribution is 2.31. The predicted molar refractivity (Wildman–Crippen MR) is 113 cm³/mol. The van der Waals surface area contributed by atoms with Gasteiger partial charge in [-0.3, -0.25) is 0 Å². The Labute approximate surface area is 177 Å². The number of rotatable bonds is 8. The summed E-state index contributed by atoms with van der Waals surface area (Å²) in [6.07, 6.45) is 0. The van der Waals surface area contributed by atoms with E-state index in [0.717, 1.165) is 22.4 Å². The highest BCUT2D eigenvalue weighted by Gasteiger charge is 2.13. The Morgan fingerprint density at radius 1 is 0.900 bits per heavy atom. The van der Waals surface area contributed by atoms with Gasteiger partial charge >= 0.3 is 0 Å². The van der Waals surface area contributed by atoms with Crippen molar-refractivity contribution in [1.82, 2.24) is 10.2 Å². The molecular formula is C23H19FN2O3S.